The van der Waals surface area contributed by atoms with Crippen molar-refractivity contribution in [3.05, 3.63) is 130 Å². The Labute approximate surface area is 298 Å². The van der Waals surface area contributed by atoms with Crippen LogP contribution in [0.25, 0.3) is 34.4 Å². The van der Waals surface area contributed by atoms with Gasteiger partial charge in [0.2, 0.25) is 0 Å². The van der Waals surface area contributed by atoms with Gasteiger partial charge < -0.3 is 0 Å². The molecular weight excluding hydrogens is 781 g/mol. The van der Waals surface area contributed by atoms with Crippen LogP contribution in [0, 0.1) is 0 Å². The summed E-state index contributed by atoms with van der Waals surface area (Å²) < 4.78 is 0.0674. The fourth-order valence-electron chi connectivity index (χ4n) is 8.20. The Morgan fingerprint density at radius 1 is 0.630 bits per heavy atom. The number of halogens is 5. The molecule has 2 aliphatic rings. The minimum absolute atomic E-state index is 0.0337. The first-order valence-corrected chi connectivity index (χ1v) is 37.6. The molecule has 0 nitrogen and oxygen atoms in total. The predicted octanol–water partition coefficient (Wildman–Crippen LogP) is 13.8. The second-order valence-electron chi connectivity index (χ2n) is 13.0. The van der Waals surface area contributed by atoms with E-state index in [9.17, 15) is 0 Å². The molecule has 0 bridgehead atoms. The summed E-state index contributed by atoms with van der Waals surface area (Å²) in [6.07, 6.45) is 7.55. The van der Waals surface area contributed by atoms with Gasteiger partial charge in [-0.1, -0.05) is 0 Å². The van der Waals surface area contributed by atoms with Crippen molar-refractivity contribution in [1.82, 2.24) is 0 Å². The summed E-state index contributed by atoms with van der Waals surface area (Å²) >= 11 is 14.2. The van der Waals surface area contributed by atoms with Crippen LogP contribution in [0.15, 0.2) is 108 Å². The molecule has 46 heavy (non-hydrogen) atoms. The van der Waals surface area contributed by atoms with Crippen molar-refractivity contribution in [2.24, 2.45) is 0 Å². The Kier molecular flexibility index (Phi) is 10.5. The van der Waals surface area contributed by atoms with Crippen molar-refractivity contribution in [1.29, 1.82) is 0 Å². The van der Waals surface area contributed by atoms with Crippen LogP contribution in [0.5, 0.6) is 0 Å². The van der Waals surface area contributed by atoms with E-state index >= 15 is 0 Å². The van der Waals surface area contributed by atoms with Gasteiger partial charge >= 0.3 is 302 Å². The molecule has 3 unspecified atom stereocenters. The summed E-state index contributed by atoms with van der Waals surface area (Å²) in [5, 5.41) is 0. The Morgan fingerprint density at radius 2 is 1.07 bits per heavy atom. The van der Waals surface area contributed by atoms with Crippen LogP contribution in [-0.4, -0.2) is 11.9 Å². The molecule has 0 amide bonds. The zero-order valence-corrected chi connectivity index (χ0v) is 34.9. The normalized spacial score (nSPS) is 19.1. The first kappa shape index (κ1) is 35.0. The molecule has 0 aromatic heterocycles. The van der Waals surface area contributed by atoms with Crippen molar-refractivity contribution >= 4 is 74.3 Å². The molecule has 4 aromatic rings. The summed E-state index contributed by atoms with van der Waals surface area (Å²) in [4.78, 5) is 0. The van der Waals surface area contributed by atoms with Crippen LogP contribution in [0.4, 0.5) is 0 Å². The van der Waals surface area contributed by atoms with Crippen molar-refractivity contribution in [3.8, 4) is 22.3 Å². The minimum atomic E-state index is -5.01. The van der Waals surface area contributed by atoms with E-state index in [-0.39, 0.29) is 7.25 Å². The van der Waals surface area contributed by atoms with E-state index in [0.717, 1.165) is 25.3 Å². The van der Waals surface area contributed by atoms with E-state index in [1.165, 1.54) is 55.7 Å². The summed E-state index contributed by atoms with van der Waals surface area (Å²) in [6, 6.07) is 33.8. The van der Waals surface area contributed by atoms with Crippen LogP contribution in [0.3, 0.4) is 0 Å². The summed E-state index contributed by atoms with van der Waals surface area (Å²) in [7, 11) is 17.5. The first-order chi connectivity index (χ1) is 22.0. The zero-order chi connectivity index (χ0) is 32.7. The topological polar surface area (TPSA) is 0 Å². The molecule has 0 radical (unpaired) electrons. The van der Waals surface area contributed by atoms with Gasteiger partial charge in [0.15, 0.2) is 0 Å². The molecule has 2 aliphatic carbocycles. The third kappa shape index (κ3) is 6.31. The van der Waals surface area contributed by atoms with Gasteiger partial charge in [0.05, 0.1) is 0 Å². The van der Waals surface area contributed by atoms with Gasteiger partial charge in [0.25, 0.3) is 0 Å². The standard InChI is InChI=1S/2C17H15.C4H10Cl3Si2.2ClH.Zr/c2*1-2-13-11-15-9-6-10-16(17(15)12-13)14-7-4-3-5-8-14;1-8-3-2-4-9(5,6)7;;;/h2*3-12H,2H2,1H3;8H,2-4H2,1H3;2*1H;/q;;;;;+2/p-2. The predicted molar refractivity (Wildman–Crippen MR) is 208 cm³/mol. The van der Waals surface area contributed by atoms with Crippen molar-refractivity contribution in [2.45, 2.75) is 59.0 Å². The van der Waals surface area contributed by atoms with Crippen LogP contribution < -0.4 is 0 Å². The summed E-state index contributed by atoms with van der Waals surface area (Å²) in [6.45, 7) is 6.98. The van der Waals surface area contributed by atoms with Crippen LogP contribution in [0.2, 0.25) is 18.6 Å². The van der Waals surface area contributed by atoms with Gasteiger partial charge in [-0.15, -0.1) is 0 Å². The Hall–Kier alpha value is -0.873. The van der Waals surface area contributed by atoms with Crippen molar-refractivity contribution in [3.63, 3.8) is 0 Å². The first-order valence-electron chi connectivity index (χ1n) is 16.4. The third-order valence-electron chi connectivity index (χ3n) is 10.4. The SMILES string of the molecule is CCC1=Cc2c(-c3ccccc3)cccc2[CH]1[Zr]([Cl])([Cl])([CH]1C(CC)=Cc2c(-c3ccccc3)cccc21)[SiH](C)CCC[Si](Cl)(Cl)Cl. The maximum atomic E-state index is 8.77. The molecular formula is C38H40Cl5Si2Zr. The molecule has 8 heteroatoms. The Bertz CT molecular complexity index is 1680. The number of hydrogen-bond acceptors (Lipinski definition) is 0. The number of fused-ring (bicyclic) bond motifs is 2. The number of allylic oxidation sites excluding steroid dienone is 2. The summed E-state index contributed by atoms with van der Waals surface area (Å²) in [5.74, 6) is -1.84. The summed E-state index contributed by atoms with van der Waals surface area (Å²) in [5.41, 5.74) is 12.9. The van der Waals surface area contributed by atoms with E-state index in [4.69, 9.17) is 50.3 Å². The zero-order valence-electron chi connectivity index (χ0n) is 26.5. The molecule has 0 fully saturated rings. The molecule has 3 atom stereocenters. The van der Waals surface area contributed by atoms with Crippen LogP contribution >= 0.6 is 50.3 Å². The molecule has 239 valence electrons. The second-order valence-corrected chi connectivity index (χ2v) is 63.6. The average Bonchev–Trinajstić information content (AvgIpc) is 3.65. The van der Waals surface area contributed by atoms with E-state index in [2.05, 4.69) is 130 Å². The maximum absolute atomic E-state index is 8.77. The molecule has 0 spiro atoms. The molecule has 0 N–H and O–H groups in total. The molecule has 0 aliphatic heterocycles. The molecule has 0 heterocycles. The number of benzene rings is 4. The molecule has 0 saturated heterocycles. The van der Waals surface area contributed by atoms with E-state index in [1.807, 2.05) is 0 Å². The van der Waals surface area contributed by atoms with Gasteiger partial charge in [-0.3, -0.25) is 0 Å². The van der Waals surface area contributed by atoms with E-state index < -0.39 is 27.5 Å². The van der Waals surface area contributed by atoms with Gasteiger partial charge in [0, 0.05) is 0 Å². The van der Waals surface area contributed by atoms with E-state index in [1.54, 1.807) is 0 Å². The molecule has 6 rings (SSSR count). The molecule has 4 aromatic carbocycles. The van der Waals surface area contributed by atoms with Gasteiger partial charge in [-0.05, 0) is 0 Å². The van der Waals surface area contributed by atoms with Crippen LogP contribution in [0.1, 0.15) is 62.6 Å². The fourth-order valence-corrected chi connectivity index (χ4v) is 51.4. The fraction of sp³-hybridized carbons (Fsp3) is 0.263. The average molecular weight is 821 g/mol. The van der Waals surface area contributed by atoms with Gasteiger partial charge in [-0.25, -0.2) is 0 Å². The quantitative estimate of drug-likeness (QED) is 0.104. The van der Waals surface area contributed by atoms with Gasteiger partial charge in [0.1, 0.15) is 0 Å². The Morgan fingerprint density at radius 3 is 1.46 bits per heavy atom. The van der Waals surface area contributed by atoms with Crippen molar-refractivity contribution in [2.75, 3.05) is 0 Å². The number of hydrogen-bond donors (Lipinski definition) is 0. The second kappa shape index (κ2) is 13.8. The molecule has 0 saturated carbocycles. The van der Waals surface area contributed by atoms with Gasteiger partial charge in [-0.2, -0.15) is 0 Å². The van der Waals surface area contributed by atoms with Crippen molar-refractivity contribution < 1.29 is 15.6 Å². The third-order valence-corrected chi connectivity index (χ3v) is 63.3. The van der Waals surface area contributed by atoms with E-state index in [0.29, 0.717) is 6.04 Å². The number of rotatable bonds is 11. The monoisotopic (exact) mass is 817 g/mol. The Balaban J connectivity index is 1.58. The van der Waals surface area contributed by atoms with Crippen LogP contribution in [-0.2, 0) is 15.6 Å².